The summed E-state index contributed by atoms with van der Waals surface area (Å²) in [5.74, 6) is 0.805. The molecule has 4 heterocycles. The van der Waals surface area contributed by atoms with Crippen molar-refractivity contribution in [3.8, 4) is 5.75 Å². The molecule has 0 fully saturated rings. The van der Waals surface area contributed by atoms with Crippen molar-refractivity contribution >= 4 is 115 Å². The average Bonchev–Trinajstić information content (AvgIpc) is 4.09. The number of halogens is 5. The number of rotatable bonds is 9. The smallest absolute Gasteiger partial charge is 0.497 e. The molecule has 0 spiro atoms. The summed E-state index contributed by atoms with van der Waals surface area (Å²) in [4.78, 5) is 39.1. The Kier molecular flexibility index (Phi) is 16.0. The van der Waals surface area contributed by atoms with Crippen LogP contribution >= 0.6 is 53.3 Å². The fourth-order valence-corrected chi connectivity index (χ4v) is 9.15. The van der Waals surface area contributed by atoms with Gasteiger partial charge in [-0.05, 0) is 86.3 Å². The molecule has 2 unspecified atom stereocenters. The lowest BCUT2D eigenvalue weighted by Gasteiger charge is -2.26. The molecule has 1 amide bonds. The van der Waals surface area contributed by atoms with Crippen molar-refractivity contribution in [1.82, 2.24) is 20.4 Å². The van der Waals surface area contributed by atoms with Crippen LogP contribution in [0.5, 0.6) is 5.75 Å². The van der Waals surface area contributed by atoms with Crippen LogP contribution in [0.3, 0.4) is 0 Å². The van der Waals surface area contributed by atoms with Gasteiger partial charge in [0, 0.05) is 64.0 Å². The molecule has 0 radical (unpaired) electrons. The molecule has 354 valence electrons. The number of carbonyl (C=O) groups is 2. The van der Waals surface area contributed by atoms with E-state index in [1.165, 1.54) is 10.8 Å². The van der Waals surface area contributed by atoms with E-state index >= 15 is 0 Å². The van der Waals surface area contributed by atoms with Gasteiger partial charge >= 0.3 is 11.4 Å². The van der Waals surface area contributed by atoms with Gasteiger partial charge in [0.05, 0.1) is 43.2 Å². The number of carbonyl (C=O) groups excluding carboxylic acids is 2. The van der Waals surface area contributed by atoms with Crippen molar-refractivity contribution in [2.24, 2.45) is 9.98 Å². The molecule has 2 aromatic heterocycles. The third-order valence-corrected chi connectivity index (χ3v) is 12.7. The number of H-pyrrole nitrogens is 2. The number of amides is 1. The highest BCUT2D eigenvalue weighted by atomic mass is 35.8. The number of hydrogen-bond donors (Lipinski definition) is 2. The Morgan fingerprint density at radius 2 is 1.11 bits per heavy atom. The van der Waals surface area contributed by atoms with Crippen LogP contribution in [0.15, 0.2) is 180 Å². The number of aromatic nitrogens is 4. The number of nitrogens with one attached hydrogen (secondary N) is 2. The Bertz CT molecular complexity index is 3400. The molecule has 0 saturated carbocycles. The molecule has 2 atom stereocenters. The predicted molar refractivity (Wildman–Crippen MR) is 290 cm³/mol. The van der Waals surface area contributed by atoms with Gasteiger partial charge in [-0.3, -0.25) is 29.8 Å². The normalized spacial score (nSPS) is 15.2. The maximum Gasteiger partial charge on any atom is 0.643 e. The van der Waals surface area contributed by atoms with Gasteiger partial charge in [0.1, 0.15) is 17.8 Å². The quantitative estimate of drug-likeness (QED) is 0.139. The summed E-state index contributed by atoms with van der Waals surface area (Å²) in [6, 6.07) is 47.0. The number of methoxy groups -OCH3 is 1. The van der Waals surface area contributed by atoms with Crippen LogP contribution in [-0.2, 0) is 35.4 Å². The van der Waals surface area contributed by atoms with Gasteiger partial charge in [-0.15, -0.1) is 0 Å². The second kappa shape index (κ2) is 22.9. The number of Topliss-reactive ketones (excluding diaryl/α,β-unsaturated/α-hetero) is 1. The number of fused-ring (bicyclic) bond motifs is 4. The highest BCUT2D eigenvalue weighted by molar-refractivity contribution is 7.54. The first-order chi connectivity index (χ1) is 34.5. The lowest BCUT2D eigenvalue weighted by molar-refractivity contribution is -0.120. The molecule has 2 aliphatic rings. The van der Waals surface area contributed by atoms with E-state index in [2.05, 4.69) is 81.1 Å². The third kappa shape index (κ3) is 12.1. The minimum absolute atomic E-state index is 0.0731. The van der Waals surface area contributed by atoms with Crippen LogP contribution in [0.25, 0.3) is 21.5 Å². The number of aliphatic imine (C=N–C) groups is 2. The van der Waals surface area contributed by atoms with E-state index in [1.807, 2.05) is 89.8 Å². The Morgan fingerprint density at radius 3 is 1.68 bits per heavy atom. The second-order valence-corrected chi connectivity index (χ2v) is 24.2. The molecule has 2 N–H and O–H groups in total. The first kappa shape index (κ1) is 49.7. The number of ether oxygens (including phenoxy) is 1. The van der Waals surface area contributed by atoms with Gasteiger partial charge in [-0.25, -0.2) is 30.1 Å². The third-order valence-electron chi connectivity index (χ3n) is 12.2. The van der Waals surface area contributed by atoms with E-state index in [-0.39, 0.29) is 11.7 Å². The summed E-state index contributed by atoms with van der Waals surface area (Å²) >= 11 is 11.0. The molecule has 0 aliphatic carbocycles. The van der Waals surface area contributed by atoms with Crippen LogP contribution in [-0.4, -0.2) is 74.1 Å². The Labute approximate surface area is 437 Å². The van der Waals surface area contributed by atoms with E-state index in [1.54, 1.807) is 31.9 Å². The molecule has 71 heavy (non-hydrogen) atoms. The monoisotopic (exact) mass is 1050 g/mol. The van der Waals surface area contributed by atoms with Crippen LogP contribution in [0.2, 0.25) is 10.0 Å². The highest BCUT2D eigenvalue weighted by Crippen LogP contribution is 2.34. The van der Waals surface area contributed by atoms with Gasteiger partial charge in [-0.2, -0.15) is 10.2 Å². The van der Waals surface area contributed by atoms with Crippen molar-refractivity contribution in [3.63, 3.8) is 0 Å². The van der Waals surface area contributed by atoms with E-state index in [0.29, 0.717) is 41.6 Å². The van der Waals surface area contributed by atoms with E-state index in [4.69, 9.17) is 68.1 Å². The molecule has 9 aromatic rings. The first-order valence-corrected chi connectivity index (χ1v) is 28.6. The maximum atomic E-state index is 14.2. The van der Waals surface area contributed by atoms with Crippen LogP contribution in [0.1, 0.15) is 44.5 Å². The zero-order chi connectivity index (χ0) is 49.4. The number of hydrogen-bond acceptors (Lipinski definition) is 7. The molecular weight excluding hydrogens is 1010 g/mol. The standard InChI is InChI=1S/C31H25ClN4O2.C24H18ClN3O.Al.3ClH/c1-38-26-11-7-20(8-12-26)19-36-29-13-10-25(32)16-27(29)30(24-17-33-34-18-24)35-28(31(36)37)15-21-6-9-22-4-2-3-5-23(22)14-21;25-20-8-7-18-11-23(29)22(28-24(21(18)12-20)19-13-26-27-14-19)10-15-5-6-16-3-1-2-4-17(16)9-15;;;;/h2-14,16-18,28H,15,19H2,1H3,(H,33,34);1-9,12-14,22H,10-11H2,(H,26,27);;3*1H/q;;+3;;;/p-3. The number of benzene rings is 7. The van der Waals surface area contributed by atoms with Crippen molar-refractivity contribution in [2.75, 3.05) is 12.0 Å². The summed E-state index contributed by atoms with van der Waals surface area (Å²) in [6.45, 7) is 0.389. The van der Waals surface area contributed by atoms with Crippen molar-refractivity contribution < 1.29 is 14.3 Å². The van der Waals surface area contributed by atoms with E-state index in [0.717, 1.165) is 72.4 Å². The Hall–Kier alpha value is -6.26. The summed E-state index contributed by atoms with van der Waals surface area (Å²) in [7, 11) is 16.5. The lowest BCUT2D eigenvalue weighted by Crippen LogP contribution is -2.38. The van der Waals surface area contributed by atoms with Crippen molar-refractivity contribution in [2.45, 2.75) is 37.9 Å². The summed E-state index contributed by atoms with van der Waals surface area (Å²) in [5, 5.41) is 19.8. The van der Waals surface area contributed by atoms with Crippen LogP contribution < -0.4 is 9.64 Å². The van der Waals surface area contributed by atoms with Gasteiger partial charge in [0.25, 0.3) is 5.91 Å². The zero-order valence-electron chi connectivity index (χ0n) is 38.1. The topological polar surface area (TPSA) is 129 Å². The molecule has 7 aromatic carbocycles. The summed E-state index contributed by atoms with van der Waals surface area (Å²) < 4.78 is 5.32. The van der Waals surface area contributed by atoms with Gasteiger partial charge < -0.3 is 9.64 Å². The predicted octanol–water partition coefficient (Wildman–Crippen LogP) is 12.7. The first-order valence-electron chi connectivity index (χ1n) is 22.6. The zero-order valence-corrected chi connectivity index (χ0v) is 43.0. The SMILES string of the molecule is COc1ccc(CN2C(=O)C(Cc3ccc4ccccc4c3)N=C(c3cn[nH]c3)c3cc(Cl)ccc32)cc1.O=C1Cc2ccc(Cl)cc2C(c2cn[nH]c2)=NC1Cc1ccc2ccccc2c1.[Cl][Al]([Cl])[Cl]. The van der Waals surface area contributed by atoms with Crippen molar-refractivity contribution in [3.05, 3.63) is 225 Å². The van der Waals surface area contributed by atoms with Gasteiger partial charge in [0.2, 0.25) is 0 Å². The number of anilines is 1. The highest BCUT2D eigenvalue weighted by Gasteiger charge is 2.33. The number of benzodiazepines with no additional fused rings is 1. The molecule has 16 heteroatoms. The van der Waals surface area contributed by atoms with Gasteiger partial charge in [-0.1, -0.05) is 126 Å². The molecule has 0 saturated heterocycles. The lowest BCUT2D eigenvalue weighted by atomic mass is 9.95. The molecule has 11 rings (SSSR count). The Balaban J connectivity index is 0.000000169. The molecule has 10 nitrogen and oxygen atoms in total. The minimum atomic E-state index is -1.72. The summed E-state index contributed by atoms with van der Waals surface area (Å²) in [5.41, 5.74) is 9.62. The molecule has 2 aliphatic heterocycles. The number of ketones is 1. The number of aromatic amines is 2. The maximum absolute atomic E-state index is 14.2. The second-order valence-electron chi connectivity index (χ2n) is 16.9. The van der Waals surface area contributed by atoms with Crippen LogP contribution in [0, 0.1) is 0 Å². The molecule has 0 bridgehead atoms. The van der Waals surface area contributed by atoms with Crippen molar-refractivity contribution in [1.29, 1.82) is 0 Å². The Morgan fingerprint density at radius 1 is 0.606 bits per heavy atom. The van der Waals surface area contributed by atoms with Crippen LogP contribution in [0.4, 0.5) is 5.69 Å². The average molecular weight is 1050 g/mol. The molecular formula is C55H43AlCl5N7O3. The minimum Gasteiger partial charge on any atom is -0.497 e. The largest absolute Gasteiger partial charge is 0.643 e. The summed E-state index contributed by atoms with van der Waals surface area (Å²) in [6.07, 6.45) is 8.41. The fourth-order valence-electron chi connectivity index (χ4n) is 8.81. The van der Waals surface area contributed by atoms with E-state index in [9.17, 15) is 9.59 Å². The number of nitrogens with zero attached hydrogens (tertiary/aromatic N) is 5. The van der Waals surface area contributed by atoms with E-state index < -0.39 is 23.5 Å². The fraction of sp³-hybridized carbons (Fsp3) is 0.127. The van der Waals surface area contributed by atoms with Gasteiger partial charge in [0.15, 0.2) is 5.78 Å².